The molecule has 0 fully saturated rings. The number of rotatable bonds is 7. The zero-order valence-electron chi connectivity index (χ0n) is 11.3. The topological polar surface area (TPSA) is 72.7 Å². The normalized spacial score (nSPS) is 12.5. The van der Waals surface area contributed by atoms with Gasteiger partial charge >= 0.3 is 12.1 Å². The Hall–Kier alpha value is -2.16. The summed E-state index contributed by atoms with van der Waals surface area (Å²) < 4.78 is 41.8. The first-order chi connectivity index (χ1) is 9.73. The number of carbonyl (C=O) groups is 1. The van der Waals surface area contributed by atoms with Crippen LogP contribution in [0.2, 0.25) is 0 Å². The lowest BCUT2D eigenvalue weighted by Gasteiger charge is -2.15. The minimum absolute atomic E-state index is 0.136. The minimum Gasteiger partial charge on any atom is -0.446 e. The van der Waals surface area contributed by atoms with Gasteiger partial charge in [-0.05, 0) is 20.2 Å². The lowest BCUT2D eigenvalue weighted by atomic mass is 10.1. The largest absolute Gasteiger partial charge is 0.446 e. The molecule has 1 atom stereocenters. The average molecular weight is 306 g/mol. The first kappa shape index (κ1) is 16.9. The van der Waals surface area contributed by atoms with Gasteiger partial charge in [-0.15, -0.1) is 0 Å². The summed E-state index contributed by atoms with van der Waals surface area (Å²) in [6.07, 6.45) is -6.54. The third kappa shape index (κ3) is 4.42. The van der Waals surface area contributed by atoms with E-state index in [4.69, 9.17) is 0 Å². The number of hydrogen-bond donors (Lipinski definition) is 0. The Morgan fingerprint density at radius 3 is 2.48 bits per heavy atom. The van der Waals surface area contributed by atoms with Crippen molar-refractivity contribution < 1.29 is 27.6 Å². The van der Waals surface area contributed by atoms with Crippen LogP contribution in [-0.2, 0) is 0 Å². The molecule has 1 aromatic rings. The summed E-state index contributed by atoms with van der Waals surface area (Å²) in [7, 11) is 3.15. The molecule has 0 aliphatic heterocycles. The molecule has 0 aliphatic rings. The Morgan fingerprint density at radius 1 is 1.38 bits per heavy atom. The molecule has 0 saturated heterocycles. The summed E-state index contributed by atoms with van der Waals surface area (Å²) in [6, 6.07) is 3.30. The summed E-state index contributed by atoms with van der Waals surface area (Å²) in [6.45, 7) is -0.136. The predicted molar refractivity (Wildman–Crippen MR) is 67.5 cm³/mol. The van der Waals surface area contributed by atoms with E-state index in [9.17, 15) is 28.1 Å². The molecule has 0 saturated carbocycles. The van der Waals surface area contributed by atoms with E-state index in [-0.39, 0.29) is 12.1 Å². The number of nitro groups is 1. The second-order valence-electron chi connectivity index (χ2n) is 4.38. The van der Waals surface area contributed by atoms with Crippen LogP contribution in [0.1, 0.15) is 10.4 Å². The third-order valence-corrected chi connectivity index (χ3v) is 2.38. The fourth-order valence-corrected chi connectivity index (χ4v) is 1.55. The number of halogens is 3. The van der Waals surface area contributed by atoms with Crippen molar-refractivity contribution in [2.75, 3.05) is 20.6 Å². The first-order valence-electron chi connectivity index (χ1n) is 5.78. The molecule has 0 heterocycles. The summed E-state index contributed by atoms with van der Waals surface area (Å²) in [5, 5.41) is 10.9. The molecule has 0 N–H and O–H groups in total. The fraction of sp³-hybridized carbons (Fsp3) is 0.417. The molecule has 1 rings (SSSR count). The number of benzene rings is 1. The Labute approximate surface area is 118 Å². The molecule has 0 aliphatic carbocycles. The second-order valence-corrected chi connectivity index (χ2v) is 4.38. The van der Waals surface area contributed by atoms with Gasteiger partial charge in [0.1, 0.15) is 0 Å². The van der Waals surface area contributed by atoms with Crippen LogP contribution in [0.25, 0.3) is 0 Å². The molecule has 6 nitrogen and oxygen atoms in total. The van der Waals surface area contributed by atoms with Gasteiger partial charge in [0.2, 0.25) is 5.75 Å². The molecule has 9 heteroatoms. The molecular formula is C12H13F3N2O4. The summed E-state index contributed by atoms with van der Waals surface area (Å²) in [4.78, 5) is 23.4. The van der Waals surface area contributed by atoms with E-state index < -0.39 is 34.9 Å². The SMILES string of the molecule is CN(C)CC(=O)c1cccc([N+](=O)[O-])c1OC(F)C(F)F. The highest BCUT2D eigenvalue weighted by Gasteiger charge is 2.29. The van der Waals surface area contributed by atoms with Gasteiger partial charge in [0, 0.05) is 6.07 Å². The Balaban J connectivity index is 3.26. The van der Waals surface area contributed by atoms with Gasteiger partial charge in [-0.1, -0.05) is 6.07 Å². The van der Waals surface area contributed by atoms with Gasteiger partial charge in [-0.3, -0.25) is 14.9 Å². The molecular weight excluding hydrogens is 293 g/mol. The van der Waals surface area contributed by atoms with Gasteiger partial charge in [0.05, 0.1) is 17.0 Å². The van der Waals surface area contributed by atoms with E-state index in [0.29, 0.717) is 0 Å². The number of carbonyl (C=O) groups excluding carboxylic acids is 1. The zero-order chi connectivity index (χ0) is 16.2. The van der Waals surface area contributed by atoms with Gasteiger partial charge in [-0.2, -0.15) is 4.39 Å². The molecule has 1 unspecified atom stereocenters. The van der Waals surface area contributed by atoms with E-state index in [1.165, 1.54) is 11.0 Å². The van der Waals surface area contributed by atoms with E-state index >= 15 is 0 Å². The van der Waals surface area contributed by atoms with E-state index in [0.717, 1.165) is 12.1 Å². The van der Waals surface area contributed by atoms with Crippen molar-refractivity contribution >= 4 is 11.5 Å². The maximum absolute atomic E-state index is 13.0. The monoisotopic (exact) mass is 306 g/mol. The quantitative estimate of drug-likeness (QED) is 0.439. The highest BCUT2D eigenvalue weighted by Crippen LogP contribution is 2.33. The van der Waals surface area contributed by atoms with Crippen LogP contribution < -0.4 is 4.74 Å². The minimum atomic E-state index is -3.48. The van der Waals surface area contributed by atoms with Crippen LogP contribution in [-0.4, -0.2) is 49.0 Å². The van der Waals surface area contributed by atoms with E-state index in [1.54, 1.807) is 14.1 Å². The lowest BCUT2D eigenvalue weighted by molar-refractivity contribution is -0.386. The van der Waals surface area contributed by atoms with Crippen LogP contribution in [0.15, 0.2) is 18.2 Å². The number of ketones is 1. The maximum Gasteiger partial charge on any atom is 0.311 e. The van der Waals surface area contributed by atoms with Crippen molar-refractivity contribution in [3.05, 3.63) is 33.9 Å². The number of alkyl halides is 3. The number of nitro benzene ring substituents is 1. The van der Waals surface area contributed by atoms with Crippen LogP contribution in [0.3, 0.4) is 0 Å². The number of nitrogens with zero attached hydrogens (tertiary/aromatic N) is 2. The Morgan fingerprint density at radius 2 is 2.00 bits per heavy atom. The van der Waals surface area contributed by atoms with Gasteiger partial charge in [-0.25, -0.2) is 8.78 Å². The highest BCUT2D eigenvalue weighted by atomic mass is 19.3. The number of hydrogen-bond acceptors (Lipinski definition) is 5. The second kappa shape index (κ2) is 7.02. The van der Waals surface area contributed by atoms with Crippen LogP contribution in [0.4, 0.5) is 18.9 Å². The molecule has 116 valence electrons. The van der Waals surface area contributed by atoms with Crippen LogP contribution in [0, 0.1) is 10.1 Å². The molecule has 21 heavy (non-hydrogen) atoms. The zero-order valence-corrected chi connectivity index (χ0v) is 11.3. The van der Waals surface area contributed by atoms with Crippen LogP contribution >= 0.6 is 0 Å². The first-order valence-corrected chi connectivity index (χ1v) is 5.78. The van der Waals surface area contributed by atoms with Gasteiger partial charge in [0.25, 0.3) is 6.36 Å². The van der Waals surface area contributed by atoms with Crippen molar-refractivity contribution in [3.8, 4) is 5.75 Å². The highest BCUT2D eigenvalue weighted by molar-refractivity contribution is 6.01. The maximum atomic E-state index is 13.0. The predicted octanol–water partition coefficient (Wildman–Crippen LogP) is 2.28. The van der Waals surface area contributed by atoms with E-state index in [1.807, 2.05) is 0 Å². The summed E-state index contributed by atoms with van der Waals surface area (Å²) in [5.74, 6) is -1.40. The third-order valence-electron chi connectivity index (χ3n) is 2.38. The Kier molecular flexibility index (Phi) is 5.65. The lowest BCUT2D eigenvalue weighted by Crippen LogP contribution is -2.25. The molecule has 0 amide bonds. The number of para-hydroxylation sites is 1. The van der Waals surface area contributed by atoms with Gasteiger partial charge < -0.3 is 9.64 Å². The number of Topliss-reactive ketones (excluding diaryl/α,β-unsaturated/α-hetero) is 1. The Bertz CT molecular complexity index is 537. The molecule has 0 spiro atoms. The standard InChI is InChI=1S/C12H13F3N2O4/c1-16(2)6-9(18)7-4-3-5-8(17(19)20)10(7)21-12(15)11(13)14/h3-5,11-12H,6H2,1-2H3. The molecule has 0 aromatic heterocycles. The van der Waals surface area contributed by atoms with E-state index in [2.05, 4.69) is 4.74 Å². The van der Waals surface area contributed by atoms with Crippen molar-refractivity contribution in [3.63, 3.8) is 0 Å². The summed E-state index contributed by atoms with van der Waals surface area (Å²) in [5.41, 5.74) is -1.07. The summed E-state index contributed by atoms with van der Waals surface area (Å²) >= 11 is 0. The molecule has 1 aromatic carbocycles. The van der Waals surface area contributed by atoms with Crippen molar-refractivity contribution in [2.45, 2.75) is 12.8 Å². The molecule has 0 radical (unpaired) electrons. The van der Waals surface area contributed by atoms with Crippen molar-refractivity contribution in [2.24, 2.45) is 0 Å². The van der Waals surface area contributed by atoms with Crippen LogP contribution in [0.5, 0.6) is 5.75 Å². The fourth-order valence-electron chi connectivity index (χ4n) is 1.55. The van der Waals surface area contributed by atoms with Crippen molar-refractivity contribution in [1.82, 2.24) is 4.90 Å². The average Bonchev–Trinajstić information content (AvgIpc) is 2.37. The number of ether oxygens (including phenoxy) is 1. The van der Waals surface area contributed by atoms with Crippen molar-refractivity contribution in [1.29, 1.82) is 0 Å². The molecule has 0 bridgehead atoms. The smallest absolute Gasteiger partial charge is 0.311 e. The number of likely N-dealkylation sites (N-methyl/N-ethyl adjacent to an activating group) is 1. The van der Waals surface area contributed by atoms with Gasteiger partial charge in [0.15, 0.2) is 5.78 Å².